The van der Waals surface area contributed by atoms with Crippen LogP contribution in [0.2, 0.25) is 0 Å². The lowest BCUT2D eigenvalue weighted by Gasteiger charge is -2.31. The van der Waals surface area contributed by atoms with Crippen LogP contribution in [0.4, 0.5) is 0 Å². The van der Waals surface area contributed by atoms with E-state index < -0.39 is 0 Å². The molecule has 1 atom stereocenters. The van der Waals surface area contributed by atoms with Gasteiger partial charge in [-0.05, 0) is 51.7 Å². The van der Waals surface area contributed by atoms with Crippen molar-refractivity contribution < 1.29 is 0 Å². The molecule has 1 N–H and O–H groups in total. The normalized spacial score (nSPS) is 30.0. The van der Waals surface area contributed by atoms with Crippen LogP contribution < -0.4 is 5.32 Å². The van der Waals surface area contributed by atoms with E-state index in [2.05, 4.69) is 17.3 Å². The van der Waals surface area contributed by atoms with Crippen LogP contribution in [-0.4, -0.2) is 37.6 Å². The second-order valence-electron chi connectivity index (χ2n) is 5.09. The van der Waals surface area contributed by atoms with Crippen LogP contribution in [0.5, 0.6) is 0 Å². The minimum atomic E-state index is 0.900. The first kappa shape index (κ1) is 10.4. The third kappa shape index (κ3) is 2.71. The molecule has 0 aromatic heterocycles. The van der Waals surface area contributed by atoms with Crippen molar-refractivity contribution >= 4 is 0 Å². The zero-order chi connectivity index (χ0) is 9.80. The number of hydrogen-bond donors (Lipinski definition) is 1. The fourth-order valence-electron chi connectivity index (χ4n) is 2.98. The molecule has 0 aromatic carbocycles. The van der Waals surface area contributed by atoms with Crippen LogP contribution >= 0.6 is 0 Å². The molecule has 1 heterocycles. The highest BCUT2D eigenvalue weighted by molar-refractivity contribution is 4.79. The molecule has 1 saturated heterocycles. The van der Waals surface area contributed by atoms with Crippen LogP contribution in [0, 0.1) is 5.92 Å². The average molecular weight is 196 g/mol. The summed E-state index contributed by atoms with van der Waals surface area (Å²) in [5.74, 6) is 0.911. The first-order valence-electron chi connectivity index (χ1n) is 6.27. The van der Waals surface area contributed by atoms with Crippen LogP contribution in [-0.2, 0) is 0 Å². The molecule has 1 aliphatic carbocycles. The van der Waals surface area contributed by atoms with E-state index in [1.165, 1.54) is 58.2 Å². The Labute approximate surface area is 88.1 Å². The summed E-state index contributed by atoms with van der Waals surface area (Å²) in [4.78, 5) is 2.62. The Kier molecular flexibility index (Phi) is 3.82. The van der Waals surface area contributed by atoms with Gasteiger partial charge in [-0.15, -0.1) is 0 Å². The molecule has 2 rings (SSSR count). The second kappa shape index (κ2) is 5.13. The second-order valence-corrected chi connectivity index (χ2v) is 5.09. The number of piperidine rings is 1. The molecule has 2 aliphatic rings. The standard InChI is InChI=1S/C12H24N2/c1-14(12-6-2-3-7-12)10-11-5-4-8-13-9-11/h11-13H,2-10H2,1H3. The van der Waals surface area contributed by atoms with Gasteiger partial charge in [0.15, 0.2) is 0 Å². The molecular weight excluding hydrogens is 172 g/mol. The molecule has 0 spiro atoms. The molecule has 1 unspecified atom stereocenters. The molecule has 2 fully saturated rings. The van der Waals surface area contributed by atoms with Gasteiger partial charge in [-0.1, -0.05) is 12.8 Å². The predicted octanol–water partition coefficient (Wildman–Crippen LogP) is 1.86. The highest BCUT2D eigenvalue weighted by atomic mass is 15.1. The van der Waals surface area contributed by atoms with Crippen molar-refractivity contribution in [3.8, 4) is 0 Å². The van der Waals surface area contributed by atoms with Gasteiger partial charge in [-0.2, -0.15) is 0 Å². The monoisotopic (exact) mass is 196 g/mol. The first-order chi connectivity index (χ1) is 6.86. The number of nitrogens with zero attached hydrogens (tertiary/aromatic N) is 1. The predicted molar refractivity (Wildman–Crippen MR) is 60.5 cm³/mol. The van der Waals surface area contributed by atoms with Gasteiger partial charge in [0.05, 0.1) is 0 Å². The maximum Gasteiger partial charge on any atom is 0.00923 e. The summed E-state index contributed by atoms with van der Waals surface area (Å²) in [5, 5.41) is 3.50. The van der Waals surface area contributed by atoms with Gasteiger partial charge in [-0.25, -0.2) is 0 Å². The van der Waals surface area contributed by atoms with E-state index in [1.54, 1.807) is 0 Å². The zero-order valence-corrected chi connectivity index (χ0v) is 9.47. The van der Waals surface area contributed by atoms with Crippen molar-refractivity contribution in [3.63, 3.8) is 0 Å². The van der Waals surface area contributed by atoms with Gasteiger partial charge < -0.3 is 10.2 Å². The number of rotatable bonds is 3. The lowest BCUT2D eigenvalue weighted by atomic mass is 9.98. The van der Waals surface area contributed by atoms with Crippen LogP contribution in [0.3, 0.4) is 0 Å². The number of hydrogen-bond acceptors (Lipinski definition) is 2. The summed E-state index contributed by atoms with van der Waals surface area (Å²) < 4.78 is 0. The highest BCUT2D eigenvalue weighted by Crippen LogP contribution is 2.23. The highest BCUT2D eigenvalue weighted by Gasteiger charge is 2.22. The Morgan fingerprint density at radius 2 is 1.93 bits per heavy atom. The molecule has 1 aliphatic heterocycles. The van der Waals surface area contributed by atoms with Gasteiger partial charge in [0.2, 0.25) is 0 Å². The molecule has 2 heteroatoms. The SMILES string of the molecule is CN(CC1CCCNC1)C1CCCC1. The topological polar surface area (TPSA) is 15.3 Å². The van der Waals surface area contributed by atoms with E-state index in [1.807, 2.05) is 0 Å². The average Bonchev–Trinajstić information content (AvgIpc) is 2.72. The summed E-state index contributed by atoms with van der Waals surface area (Å²) in [5.41, 5.74) is 0. The van der Waals surface area contributed by atoms with Gasteiger partial charge in [0.1, 0.15) is 0 Å². The van der Waals surface area contributed by atoms with Crippen LogP contribution in [0.15, 0.2) is 0 Å². The van der Waals surface area contributed by atoms with Crippen molar-refractivity contribution in [3.05, 3.63) is 0 Å². The van der Waals surface area contributed by atoms with Gasteiger partial charge in [0, 0.05) is 12.6 Å². The lowest BCUT2D eigenvalue weighted by Crippen LogP contribution is -2.40. The maximum atomic E-state index is 3.50. The molecule has 2 nitrogen and oxygen atoms in total. The summed E-state index contributed by atoms with van der Waals surface area (Å²) in [7, 11) is 2.32. The Hall–Kier alpha value is -0.0800. The van der Waals surface area contributed by atoms with Crippen LogP contribution in [0.25, 0.3) is 0 Å². The van der Waals surface area contributed by atoms with E-state index in [4.69, 9.17) is 0 Å². The van der Waals surface area contributed by atoms with E-state index in [9.17, 15) is 0 Å². The molecule has 82 valence electrons. The minimum absolute atomic E-state index is 0.900. The molecule has 0 radical (unpaired) electrons. The van der Waals surface area contributed by atoms with E-state index in [-0.39, 0.29) is 0 Å². The van der Waals surface area contributed by atoms with Crippen molar-refractivity contribution in [1.29, 1.82) is 0 Å². The molecule has 1 saturated carbocycles. The third-order valence-corrected chi connectivity index (χ3v) is 3.89. The van der Waals surface area contributed by atoms with Crippen LogP contribution in [0.1, 0.15) is 38.5 Å². The molecular formula is C12H24N2. The van der Waals surface area contributed by atoms with Crippen molar-refractivity contribution in [2.24, 2.45) is 5.92 Å². The van der Waals surface area contributed by atoms with Gasteiger partial charge in [-0.3, -0.25) is 0 Å². The summed E-state index contributed by atoms with van der Waals surface area (Å²) in [6.45, 7) is 3.80. The van der Waals surface area contributed by atoms with Crippen molar-refractivity contribution in [2.45, 2.75) is 44.6 Å². The zero-order valence-electron chi connectivity index (χ0n) is 9.47. The lowest BCUT2D eigenvalue weighted by molar-refractivity contribution is 0.190. The Morgan fingerprint density at radius 1 is 1.14 bits per heavy atom. The largest absolute Gasteiger partial charge is 0.316 e. The minimum Gasteiger partial charge on any atom is -0.316 e. The Balaban J connectivity index is 1.72. The van der Waals surface area contributed by atoms with Crippen molar-refractivity contribution in [1.82, 2.24) is 10.2 Å². The summed E-state index contributed by atoms with van der Waals surface area (Å²) >= 11 is 0. The van der Waals surface area contributed by atoms with Gasteiger partial charge >= 0.3 is 0 Å². The number of nitrogens with one attached hydrogen (secondary N) is 1. The molecule has 0 aromatic rings. The molecule has 0 bridgehead atoms. The summed E-state index contributed by atoms with van der Waals surface area (Å²) in [6, 6.07) is 0.900. The quantitative estimate of drug-likeness (QED) is 0.741. The van der Waals surface area contributed by atoms with Gasteiger partial charge in [0.25, 0.3) is 0 Å². The first-order valence-corrected chi connectivity index (χ1v) is 6.27. The molecule has 14 heavy (non-hydrogen) atoms. The van der Waals surface area contributed by atoms with E-state index in [0.717, 1.165) is 12.0 Å². The summed E-state index contributed by atoms with van der Waals surface area (Å²) in [6.07, 6.45) is 8.61. The van der Waals surface area contributed by atoms with Crippen molar-refractivity contribution in [2.75, 3.05) is 26.7 Å². The Bertz CT molecular complexity index is 158. The van der Waals surface area contributed by atoms with E-state index >= 15 is 0 Å². The van der Waals surface area contributed by atoms with E-state index in [0.29, 0.717) is 0 Å². The maximum absolute atomic E-state index is 3.50. The smallest absolute Gasteiger partial charge is 0.00923 e. The fourth-order valence-corrected chi connectivity index (χ4v) is 2.98. The third-order valence-electron chi connectivity index (χ3n) is 3.89. The Morgan fingerprint density at radius 3 is 2.57 bits per heavy atom. The fraction of sp³-hybridized carbons (Fsp3) is 1.00. The molecule has 0 amide bonds.